The number of ether oxygens (including phenoxy) is 1. The zero-order valence-electron chi connectivity index (χ0n) is 12.4. The molecule has 0 saturated carbocycles. The van der Waals surface area contributed by atoms with Crippen molar-refractivity contribution < 1.29 is 9.53 Å². The molecule has 0 atom stereocenters. The lowest BCUT2D eigenvalue weighted by molar-refractivity contribution is -0.143. The van der Waals surface area contributed by atoms with Gasteiger partial charge in [-0.15, -0.1) is 0 Å². The molecule has 0 aromatic rings. The second-order valence-electron chi connectivity index (χ2n) is 5.05. The van der Waals surface area contributed by atoms with Crippen LogP contribution in [0.2, 0.25) is 0 Å². The minimum absolute atomic E-state index is 0.119. The number of aliphatic imine (C=N–C) groups is 1. The number of piperidine rings is 1. The van der Waals surface area contributed by atoms with E-state index in [1.54, 1.807) is 0 Å². The van der Waals surface area contributed by atoms with Gasteiger partial charge in [-0.1, -0.05) is 6.92 Å². The molecule has 110 valence electrons. The van der Waals surface area contributed by atoms with Gasteiger partial charge in [-0.05, 0) is 32.1 Å². The van der Waals surface area contributed by atoms with Gasteiger partial charge in [0.25, 0.3) is 0 Å². The Bertz CT molecular complexity index is 297. The second kappa shape index (κ2) is 8.77. The molecule has 1 aliphatic heterocycles. The highest BCUT2D eigenvalue weighted by Gasteiger charge is 2.18. The zero-order valence-corrected chi connectivity index (χ0v) is 12.4. The highest BCUT2D eigenvalue weighted by atomic mass is 16.5. The first-order chi connectivity index (χ1) is 9.17. The van der Waals surface area contributed by atoms with Crippen LogP contribution in [0.15, 0.2) is 4.99 Å². The highest BCUT2D eigenvalue weighted by Crippen LogP contribution is 2.15. The number of nitrogens with zero attached hydrogens (tertiary/aromatic N) is 2. The third-order valence-electron chi connectivity index (χ3n) is 3.44. The second-order valence-corrected chi connectivity index (χ2v) is 5.05. The number of rotatable bonds is 5. The van der Waals surface area contributed by atoms with E-state index in [0.29, 0.717) is 13.0 Å². The summed E-state index contributed by atoms with van der Waals surface area (Å²) in [7, 11) is 1.81. The number of hydrogen-bond acceptors (Lipinski definition) is 3. The van der Waals surface area contributed by atoms with E-state index in [1.807, 2.05) is 14.0 Å². The quantitative estimate of drug-likeness (QED) is 0.357. The third kappa shape index (κ3) is 5.94. The minimum Gasteiger partial charge on any atom is -0.466 e. The SMILES string of the molecule is CCOC(=O)CCCNC(=NC)N1CCC(C)CC1. The smallest absolute Gasteiger partial charge is 0.305 e. The molecule has 0 unspecified atom stereocenters. The van der Waals surface area contributed by atoms with Gasteiger partial charge in [0.2, 0.25) is 0 Å². The molecule has 19 heavy (non-hydrogen) atoms. The molecule has 0 aromatic carbocycles. The van der Waals surface area contributed by atoms with Crippen LogP contribution in [0.4, 0.5) is 0 Å². The van der Waals surface area contributed by atoms with Crippen molar-refractivity contribution in [2.45, 2.75) is 39.5 Å². The first-order valence-corrected chi connectivity index (χ1v) is 7.28. The Morgan fingerprint density at radius 1 is 1.42 bits per heavy atom. The van der Waals surface area contributed by atoms with E-state index in [4.69, 9.17) is 4.74 Å². The van der Waals surface area contributed by atoms with Crippen molar-refractivity contribution in [2.24, 2.45) is 10.9 Å². The van der Waals surface area contributed by atoms with Crippen LogP contribution in [-0.2, 0) is 9.53 Å². The molecule has 0 aliphatic carbocycles. The first-order valence-electron chi connectivity index (χ1n) is 7.28. The molecule has 1 N–H and O–H groups in total. The molecule has 5 nitrogen and oxygen atoms in total. The molecular weight excluding hydrogens is 242 g/mol. The topological polar surface area (TPSA) is 53.9 Å². The van der Waals surface area contributed by atoms with Gasteiger partial charge < -0.3 is 15.0 Å². The van der Waals surface area contributed by atoms with Crippen molar-refractivity contribution in [3.8, 4) is 0 Å². The van der Waals surface area contributed by atoms with E-state index in [2.05, 4.69) is 22.1 Å². The number of carbonyl (C=O) groups is 1. The van der Waals surface area contributed by atoms with Gasteiger partial charge >= 0.3 is 5.97 Å². The molecule has 1 fully saturated rings. The molecule has 0 bridgehead atoms. The third-order valence-corrected chi connectivity index (χ3v) is 3.44. The fourth-order valence-corrected chi connectivity index (χ4v) is 2.22. The van der Waals surface area contributed by atoms with Gasteiger partial charge in [0.1, 0.15) is 0 Å². The summed E-state index contributed by atoms with van der Waals surface area (Å²) in [6.45, 7) is 7.48. The van der Waals surface area contributed by atoms with Gasteiger partial charge in [0.05, 0.1) is 6.61 Å². The maximum Gasteiger partial charge on any atom is 0.305 e. The van der Waals surface area contributed by atoms with Crippen molar-refractivity contribution in [2.75, 3.05) is 33.3 Å². The van der Waals surface area contributed by atoms with Crippen LogP contribution >= 0.6 is 0 Å². The van der Waals surface area contributed by atoms with Crippen LogP contribution < -0.4 is 5.32 Å². The van der Waals surface area contributed by atoms with Crippen molar-refractivity contribution >= 4 is 11.9 Å². The Balaban J connectivity index is 2.20. The molecule has 0 aromatic heterocycles. The molecule has 0 spiro atoms. The number of likely N-dealkylation sites (tertiary alicyclic amines) is 1. The highest BCUT2D eigenvalue weighted by molar-refractivity contribution is 5.80. The summed E-state index contributed by atoms with van der Waals surface area (Å²) in [5, 5.41) is 3.32. The van der Waals surface area contributed by atoms with Gasteiger partial charge in [-0.3, -0.25) is 9.79 Å². The Kier molecular flexibility index (Phi) is 7.30. The number of carbonyl (C=O) groups excluding carboxylic acids is 1. The Morgan fingerprint density at radius 2 is 2.11 bits per heavy atom. The lowest BCUT2D eigenvalue weighted by Crippen LogP contribution is -2.45. The predicted molar refractivity (Wildman–Crippen MR) is 77.2 cm³/mol. The summed E-state index contributed by atoms with van der Waals surface area (Å²) >= 11 is 0. The zero-order chi connectivity index (χ0) is 14.1. The summed E-state index contributed by atoms with van der Waals surface area (Å²) < 4.78 is 4.90. The molecule has 0 radical (unpaired) electrons. The van der Waals surface area contributed by atoms with Crippen LogP contribution in [0.3, 0.4) is 0 Å². The maximum atomic E-state index is 11.2. The van der Waals surface area contributed by atoms with E-state index < -0.39 is 0 Å². The Hall–Kier alpha value is -1.26. The van der Waals surface area contributed by atoms with E-state index >= 15 is 0 Å². The standard InChI is InChI=1S/C14H27N3O2/c1-4-19-13(18)6-5-9-16-14(15-3)17-10-7-12(2)8-11-17/h12H,4-11H2,1-3H3,(H,15,16). The van der Waals surface area contributed by atoms with Crippen LogP contribution in [0.1, 0.15) is 39.5 Å². The Labute approximate surface area is 116 Å². The monoisotopic (exact) mass is 269 g/mol. The summed E-state index contributed by atoms with van der Waals surface area (Å²) in [5.74, 6) is 1.65. The molecule has 0 amide bonds. The first kappa shape index (κ1) is 15.8. The van der Waals surface area contributed by atoms with Crippen molar-refractivity contribution in [1.82, 2.24) is 10.2 Å². The van der Waals surface area contributed by atoms with Crippen LogP contribution in [0, 0.1) is 5.92 Å². The molecular formula is C14H27N3O2. The van der Waals surface area contributed by atoms with Crippen molar-refractivity contribution in [3.05, 3.63) is 0 Å². The number of guanidine groups is 1. The largest absolute Gasteiger partial charge is 0.466 e. The molecule has 5 heteroatoms. The fourth-order valence-electron chi connectivity index (χ4n) is 2.22. The molecule has 1 rings (SSSR count). The fraction of sp³-hybridized carbons (Fsp3) is 0.857. The summed E-state index contributed by atoms with van der Waals surface area (Å²) in [4.78, 5) is 17.8. The van der Waals surface area contributed by atoms with E-state index in [0.717, 1.165) is 37.9 Å². The Morgan fingerprint density at radius 3 is 2.68 bits per heavy atom. The number of nitrogens with one attached hydrogen (secondary N) is 1. The average molecular weight is 269 g/mol. The van der Waals surface area contributed by atoms with Crippen LogP contribution in [-0.4, -0.2) is 50.1 Å². The van der Waals surface area contributed by atoms with Crippen molar-refractivity contribution in [1.29, 1.82) is 0 Å². The summed E-state index contributed by atoms with van der Waals surface area (Å²) in [5.41, 5.74) is 0. The molecule has 1 heterocycles. The van der Waals surface area contributed by atoms with E-state index in [9.17, 15) is 4.79 Å². The van der Waals surface area contributed by atoms with Gasteiger partial charge in [0, 0.05) is 33.1 Å². The van der Waals surface area contributed by atoms with E-state index in [1.165, 1.54) is 12.8 Å². The van der Waals surface area contributed by atoms with Crippen LogP contribution in [0.25, 0.3) is 0 Å². The minimum atomic E-state index is -0.119. The van der Waals surface area contributed by atoms with Gasteiger partial charge in [-0.25, -0.2) is 0 Å². The van der Waals surface area contributed by atoms with Crippen molar-refractivity contribution in [3.63, 3.8) is 0 Å². The van der Waals surface area contributed by atoms with E-state index in [-0.39, 0.29) is 5.97 Å². The maximum absolute atomic E-state index is 11.2. The number of hydrogen-bond donors (Lipinski definition) is 1. The van der Waals surface area contributed by atoms with Gasteiger partial charge in [0.15, 0.2) is 5.96 Å². The van der Waals surface area contributed by atoms with Crippen LogP contribution in [0.5, 0.6) is 0 Å². The lowest BCUT2D eigenvalue weighted by Gasteiger charge is -2.32. The summed E-state index contributed by atoms with van der Waals surface area (Å²) in [6.07, 6.45) is 3.70. The van der Waals surface area contributed by atoms with Gasteiger partial charge in [-0.2, -0.15) is 0 Å². The molecule has 1 saturated heterocycles. The predicted octanol–water partition coefficient (Wildman–Crippen LogP) is 1.64. The lowest BCUT2D eigenvalue weighted by atomic mass is 10.00. The average Bonchev–Trinajstić information content (AvgIpc) is 2.41. The number of esters is 1. The molecule has 1 aliphatic rings. The normalized spacial score (nSPS) is 17.4. The summed E-state index contributed by atoms with van der Waals surface area (Å²) in [6, 6.07) is 0.